The van der Waals surface area contributed by atoms with Crippen LogP contribution in [0.2, 0.25) is 10.0 Å². The minimum Gasteiger partial charge on any atom is -0.404 e. The van der Waals surface area contributed by atoms with E-state index in [-0.39, 0.29) is 31.0 Å². The quantitative estimate of drug-likeness (QED) is 0.423. The van der Waals surface area contributed by atoms with Gasteiger partial charge in [0, 0.05) is 0 Å². The number of ether oxygens (including phenoxy) is 1. The van der Waals surface area contributed by atoms with E-state index in [0.29, 0.717) is 0 Å². The van der Waals surface area contributed by atoms with Crippen molar-refractivity contribution in [2.75, 3.05) is 0 Å². The summed E-state index contributed by atoms with van der Waals surface area (Å²) in [4.78, 5) is 25.1. The molecule has 1 aromatic heterocycles. The topological polar surface area (TPSA) is 48.3 Å². The van der Waals surface area contributed by atoms with Crippen LogP contribution in [0.4, 0.5) is 0 Å². The molecule has 25 heavy (non-hydrogen) atoms. The molecule has 0 amide bonds. The number of carbonyl (C=O) groups is 2. The summed E-state index contributed by atoms with van der Waals surface area (Å²) in [7, 11) is 0. The number of hydrogen-bond acceptors (Lipinski definition) is 5. The van der Waals surface area contributed by atoms with E-state index < -0.39 is 11.9 Å². The monoisotopic (exact) mass is 409 g/mol. The summed E-state index contributed by atoms with van der Waals surface area (Å²) in [5, 5.41) is 2.03. The van der Waals surface area contributed by atoms with Gasteiger partial charge < -0.3 is 4.74 Å². The van der Waals surface area contributed by atoms with Gasteiger partial charge in [-0.2, -0.15) is 0 Å². The van der Waals surface area contributed by atoms with Gasteiger partial charge in [-0.3, -0.25) is 4.79 Å². The van der Waals surface area contributed by atoms with E-state index in [1.807, 2.05) is 0 Å². The number of thiazole rings is 1. The van der Waals surface area contributed by atoms with Crippen LogP contribution < -0.4 is 4.74 Å². The lowest BCUT2D eigenvalue weighted by atomic mass is 10.2. The fourth-order valence-electron chi connectivity index (χ4n) is 2.08. The van der Waals surface area contributed by atoms with Crippen LogP contribution in [0.1, 0.15) is 20.7 Å². The van der Waals surface area contributed by atoms with Crippen molar-refractivity contribution in [1.82, 2.24) is 4.57 Å². The van der Waals surface area contributed by atoms with Crippen LogP contribution in [0.25, 0.3) is 0 Å². The van der Waals surface area contributed by atoms with Crippen molar-refractivity contribution < 1.29 is 14.3 Å². The van der Waals surface area contributed by atoms with Crippen molar-refractivity contribution >= 4 is 58.6 Å². The molecule has 8 heteroatoms. The molecular weight excluding hydrogens is 401 g/mol. The van der Waals surface area contributed by atoms with Gasteiger partial charge in [0.05, 0.1) is 26.6 Å². The minimum atomic E-state index is -0.681. The Hall–Kier alpha value is -1.99. The normalized spacial score (nSPS) is 10.5. The van der Waals surface area contributed by atoms with Gasteiger partial charge in [-0.05, 0) is 36.5 Å². The maximum atomic E-state index is 12.8. The molecule has 0 aliphatic heterocycles. The van der Waals surface area contributed by atoms with Crippen molar-refractivity contribution in [2.24, 2.45) is 0 Å². The molecule has 0 spiro atoms. The predicted octanol–water partition coefficient (Wildman–Crippen LogP) is 5.49. The first-order chi connectivity index (χ1) is 12.0. The Morgan fingerprint density at radius 3 is 2.12 bits per heavy atom. The minimum absolute atomic E-state index is 0.0184. The van der Waals surface area contributed by atoms with Crippen molar-refractivity contribution in [2.45, 2.75) is 0 Å². The molecule has 0 aliphatic rings. The first-order valence-electron chi connectivity index (χ1n) is 6.95. The number of benzene rings is 2. The average molecular weight is 410 g/mol. The molecule has 0 bridgehead atoms. The Labute approximate surface area is 162 Å². The fourth-order valence-corrected chi connectivity index (χ4v) is 3.46. The molecule has 3 aromatic rings. The zero-order valence-electron chi connectivity index (χ0n) is 12.4. The molecule has 2 aromatic carbocycles. The van der Waals surface area contributed by atoms with Crippen molar-refractivity contribution in [3.8, 4) is 5.88 Å². The third-order valence-corrected chi connectivity index (χ3v) is 5.10. The molecule has 0 atom stereocenters. The number of aromatic nitrogens is 1. The molecule has 1 heterocycles. The van der Waals surface area contributed by atoms with Gasteiger partial charge in [-0.15, -0.1) is 11.3 Å². The standard InChI is InChI=1S/C17H9Cl2NO3S2/c18-12-7-3-1-5-10(12)15(21)20-14(9-25-17(20)24)23-16(22)11-6-2-4-8-13(11)19/h1-9H. The molecule has 3 rings (SSSR count). The van der Waals surface area contributed by atoms with Gasteiger partial charge in [0.25, 0.3) is 5.91 Å². The average Bonchev–Trinajstić information content (AvgIpc) is 2.95. The highest BCUT2D eigenvalue weighted by molar-refractivity contribution is 7.73. The van der Waals surface area contributed by atoms with Crippen molar-refractivity contribution in [1.29, 1.82) is 0 Å². The molecule has 126 valence electrons. The van der Waals surface area contributed by atoms with Crippen LogP contribution in [-0.4, -0.2) is 16.4 Å². The van der Waals surface area contributed by atoms with Crippen LogP contribution in [0.3, 0.4) is 0 Å². The Morgan fingerprint density at radius 1 is 0.960 bits per heavy atom. The zero-order valence-corrected chi connectivity index (χ0v) is 15.6. The van der Waals surface area contributed by atoms with E-state index in [0.717, 1.165) is 15.9 Å². The zero-order chi connectivity index (χ0) is 18.0. The summed E-state index contributed by atoms with van der Waals surface area (Å²) in [5.74, 6) is -1.14. The summed E-state index contributed by atoms with van der Waals surface area (Å²) in [5.41, 5.74) is 0.451. The predicted molar refractivity (Wildman–Crippen MR) is 101 cm³/mol. The van der Waals surface area contributed by atoms with Crippen LogP contribution in [0.15, 0.2) is 53.9 Å². The second kappa shape index (κ2) is 7.49. The van der Waals surface area contributed by atoms with Gasteiger partial charge in [0.1, 0.15) is 0 Å². The van der Waals surface area contributed by atoms with E-state index in [1.54, 1.807) is 42.5 Å². The van der Waals surface area contributed by atoms with Gasteiger partial charge >= 0.3 is 5.97 Å². The lowest BCUT2D eigenvalue weighted by Crippen LogP contribution is -2.17. The third kappa shape index (κ3) is 3.67. The Bertz CT molecular complexity index is 1030. The molecule has 0 N–H and O–H groups in total. The first-order valence-corrected chi connectivity index (χ1v) is 9.00. The molecule has 4 nitrogen and oxygen atoms in total. The second-order valence-electron chi connectivity index (χ2n) is 4.83. The molecule has 0 fully saturated rings. The number of hydrogen-bond donors (Lipinski definition) is 0. The van der Waals surface area contributed by atoms with E-state index >= 15 is 0 Å². The van der Waals surface area contributed by atoms with E-state index in [9.17, 15) is 9.59 Å². The summed E-state index contributed by atoms with van der Waals surface area (Å²) in [6, 6.07) is 13.0. The first kappa shape index (κ1) is 17.8. The van der Waals surface area contributed by atoms with Gasteiger partial charge in [0.15, 0.2) is 3.95 Å². The number of rotatable bonds is 3. The van der Waals surface area contributed by atoms with Gasteiger partial charge in [-0.1, -0.05) is 47.5 Å². The van der Waals surface area contributed by atoms with Crippen LogP contribution in [-0.2, 0) is 0 Å². The lowest BCUT2D eigenvalue weighted by molar-refractivity contribution is 0.0717. The summed E-state index contributed by atoms with van der Waals surface area (Å²) >= 11 is 18.4. The van der Waals surface area contributed by atoms with Crippen molar-refractivity contribution in [3.63, 3.8) is 0 Å². The molecule has 0 unspecified atom stereocenters. The maximum Gasteiger partial charge on any atom is 0.346 e. The maximum absolute atomic E-state index is 12.8. The number of esters is 1. The van der Waals surface area contributed by atoms with E-state index in [1.165, 1.54) is 11.4 Å². The summed E-state index contributed by atoms with van der Waals surface area (Å²) in [6.07, 6.45) is 0. The summed E-state index contributed by atoms with van der Waals surface area (Å²) in [6.45, 7) is 0. The Morgan fingerprint density at radius 2 is 1.52 bits per heavy atom. The van der Waals surface area contributed by atoms with Gasteiger partial charge in [-0.25, -0.2) is 9.36 Å². The highest BCUT2D eigenvalue weighted by atomic mass is 35.5. The molecule has 0 saturated heterocycles. The molecule has 0 aliphatic carbocycles. The Kier molecular flexibility index (Phi) is 5.34. The van der Waals surface area contributed by atoms with Crippen LogP contribution in [0.5, 0.6) is 5.88 Å². The SMILES string of the molecule is O=C(Oc1csc(=S)n1C(=O)c1ccccc1Cl)c1ccccc1Cl. The second-order valence-corrected chi connectivity index (χ2v) is 7.15. The third-order valence-electron chi connectivity index (χ3n) is 3.26. The highest BCUT2D eigenvalue weighted by Crippen LogP contribution is 2.25. The summed E-state index contributed by atoms with van der Waals surface area (Å²) < 4.78 is 6.71. The smallest absolute Gasteiger partial charge is 0.346 e. The van der Waals surface area contributed by atoms with E-state index in [2.05, 4.69) is 0 Å². The molecule has 0 radical (unpaired) electrons. The highest BCUT2D eigenvalue weighted by Gasteiger charge is 2.21. The van der Waals surface area contributed by atoms with Crippen LogP contribution in [0, 0.1) is 3.95 Å². The lowest BCUT2D eigenvalue weighted by Gasteiger charge is -2.09. The number of carbonyl (C=O) groups excluding carboxylic acids is 2. The molecular formula is C17H9Cl2NO3S2. The van der Waals surface area contributed by atoms with Crippen molar-refractivity contribution in [3.05, 3.63) is 79.0 Å². The number of halogens is 2. The number of nitrogens with zero attached hydrogens (tertiary/aromatic N) is 1. The Balaban J connectivity index is 1.97. The van der Waals surface area contributed by atoms with Gasteiger partial charge in [0.2, 0.25) is 5.88 Å². The largest absolute Gasteiger partial charge is 0.404 e. The van der Waals surface area contributed by atoms with E-state index in [4.69, 9.17) is 40.2 Å². The van der Waals surface area contributed by atoms with Crippen LogP contribution >= 0.6 is 46.8 Å². The molecule has 0 saturated carbocycles. The fraction of sp³-hybridized carbons (Fsp3) is 0.